The van der Waals surface area contributed by atoms with Gasteiger partial charge in [-0.3, -0.25) is 14.0 Å². The smallest absolute Gasteiger partial charge is 0.303 e. The number of carbonyl (C=O) groups is 1. The van der Waals surface area contributed by atoms with Crippen LogP contribution >= 0.6 is 23.1 Å². The van der Waals surface area contributed by atoms with Crippen LogP contribution in [0.25, 0.3) is 4.96 Å². The Hall–Kier alpha value is -1.34. The minimum atomic E-state index is -0.723. The van der Waals surface area contributed by atoms with E-state index in [4.69, 9.17) is 5.11 Å². The molecule has 2 aromatic rings. The fourth-order valence-electron chi connectivity index (χ4n) is 2.20. The first-order valence-electron chi connectivity index (χ1n) is 6.33. The van der Waals surface area contributed by atoms with Gasteiger partial charge in [0.1, 0.15) is 0 Å². The Balaban J connectivity index is 1.63. The Morgan fingerprint density at radius 1 is 1.55 bits per heavy atom. The molecule has 0 aliphatic heterocycles. The molecule has 7 heteroatoms. The zero-order chi connectivity index (χ0) is 14.2. The van der Waals surface area contributed by atoms with E-state index in [2.05, 4.69) is 4.98 Å². The van der Waals surface area contributed by atoms with Crippen LogP contribution in [0, 0.1) is 5.41 Å². The summed E-state index contributed by atoms with van der Waals surface area (Å²) in [6, 6.07) is 1.56. The van der Waals surface area contributed by atoms with Crippen LogP contribution < -0.4 is 5.56 Å². The van der Waals surface area contributed by atoms with Gasteiger partial charge < -0.3 is 5.11 Å². The van der Waals surface area contributed by atoms with E-state index in [-0.39, 0.29) is 17.4 Å². The molecule has 1 aliphatic carbocycles. The highest BCUT2D eigenvalue weighted by Gasteiger charge is 2.44. The highest BCUT2D eigenvalue weighted by Crippen LogP contribution is 2.51. The molecule has 2 aromatic heterocycles. The molecule has 20 heavy (non-hydrogen) atoms. The fourth-order valence-corrected chi connectivity index (χ4v) is 4.23. The quantitative estimate of drug-likeness (QED) is 0.886. The predicted molar refractivity (Wildman–Crippen MR) is 79.4 cm³/mol. The number of carboxylic acid groups (broad SMARTS) is 1. The number of thiazole rings is 1. The molecule has 0 aromatic carbocycles. The summed E-state index contributed by atoms with van der Waals surface area (Å²) in [5.74, 6) is 0.759. The predicted octanol–water partition coefficient (Wildman–Crippen LogP) is 2.24. The number of hydrogen-bond donors (Lipinski definition) is 1. The van der Waals surface area contributed by atoms with Crippen molar-refractivity contribution in [2.75, 3.05) is 5.75 Å². The lowest BCUT2D eigenvalue weighted by Gasteiger charge is -2.11. The van der Waals surface area contributed by atoms with Gasteiger partial charge in [0.2, 0.25) is 0 Å². The summed E-state index contributed by atoms with van der Waals surface area (Å²) in [4.78, 5) is 27.8. The highest BCUT2D eigenvalue weighted by molar-refractivity contribution is 7.98. The Labute approximate surface area is 123 Å². The van der Waals surface area contributed by atoms with E-state index in [1.807, 2.05) is 5.38 Å². The molecule has 1 N–H and O–H groups in total. The Kier molecular flexibility index (Phi) is 3.55. The first kappa shape index (κ1) is 13.6. The third kappa shape index (κ3) is 2.88. The maximum atomic E-state index is 11.8. The van der Waals surface area contributed by atoms with Gasteiger partial charge in [-0.2, -0.15) is 11.8 Å². The molecule has 2 heterocycles. The molecule has 3 rings (SSSR count). The lowest BCUT2D eigenvalue weighted by molar-refractivity contribution is -0.138. The van der Waals surface area contributed by atoms with Crippen molar-refractivity contribution in [1.29, 1.82) is 0 Å². The standard InChI is InChI=1S/C13H14N2O3S2/c16-10-5-9(14-12-15(10)3-4-20-12)7-19-8-13(1-2-13)6-11(17)18/h3-5H,1-2,6-8H2,(H,17,18). The number of aliphatic carboxylic acids is 1. The number of fused-ring (bicyclic) bond motifs is 1. The minimum Gasteiger partial charge on any atom is -0.481 e. The normalized spacial score (nSPS) is 16.4. The van der Waals surface area contributed by atoms with Crippen LogP contribution in [0.3, 0.4) is 0 Å². The third-order valence-electron chi connectivity index (χ3n) is 3.50. The third-order valence-corrected chi connectivity index (χ3v) is 5.57. The van der Waals surface area contributed by atoms with Gasteiger partial charge in [-0.25, -0.2) is 4.98 Å². The van der Waals surface area contributed by atoms with Crippen LogP contribution in [0.5, 0.6) is 0 Å². The molecular formula is C13H14N2O3S2. The van der Waals surface area contributed by atoms with Crippen molar-refractivity contribution in [2.24, 2.45) is 5.41 Å². The van der Waals surface area contributed by atoms with Gasteiger partial charge in [-0.1, -0.05) is 0 Å². The van der Waals surface area contributed by atoms with Crippen LogP contribution in [0.1, 0.15) is 25.0 Å². The van der Waals surface area contributed by atoms with Crippen molar-refractivity contribution in [1.82, 2.24) is 9.38 Å². The maximum Gasteiger partial charge on any atom is 0.303 e. The average Bonchev–Trinajstić information content (AvgIpc) is 2.95. The van der Waals surface area contributed by atoms with Crippen molar-refractivity contribution < 1.29 is 9.90 Å². The Bertz CT molecular complexity index is 703. The largest absolute Gasteiger partial charge is 0.481 e. The van der Waals surface area contributed by atoms with Gasteiger partial charge in [-0.15, -0.1) is 11.3 Å². The van der Waals surface area contributed by atoms with Crippen molar-refractivity contribution in [2.45, 2.75) is 25.0 Å². The fraction of sp³-hybridized carbons (Fsp3) is 0.462. The zero-order valence-corrected chi connectivity index (χ0v) is 12.4. The van der Waals surface area contributed by atoms with E-state index < -0.39 is 5.97 Å². The zero-order valence-electron chi connectivity index (χ0n) is 10.7. The van der Waals surface area contributed by atoms with Crippen molar-refractivity contribution in [3.63, 3.8) is 0 Å². The molecule has 1 aliphatic rings. The molecule has 106 valence electrons. The summed E-state index contributed by atoms with van der Waals surface area (Å²) < 4.78 is 1.53. The van der Waals surface area contributed by atoms with Gasteiger partial charge in [0.15, 0.2) is 4.96 Å². The number of carboxylic acids is 1. The Morgan fingerprint density at radius 3 is 3.05 bits per heavy atom. The van der Waals surface area contributed by atoms with Gasteiger partial charge in [-0.05, 0) is 24.0 Å². The van der Waals surface area contributed by atoms with E-state index in [0.717, 1.165) is 24.3 Å². The van der Waals surface area contributed by atoms with Gasteiger partial charge in [0.05, 0.1) is 12.1 Å². The van der Waals surface area contributed by atoms with Gasteiger partial charge in [0, 0.05) is 23.4 Å². The molecule has 5 nitrogen and oxygen atoms in total. The van der Waals surface area contributed by atoms with Crippen LogP contribution in [0.2, 0.25) is 0 Å². The molecule has 0 bridgehead atoms. The monoisotopic (exact) mass is 310 g/mol. The topological polar surface area (TPSA) is 71.7 Å². The molecule has 0 saturated heterocycles. The summed E-state index contributed by atoms with van der Waals surface area (Å²) in [6.07, 6.45) is 3.96. The molecule has 0 unspecified atom stereocenters. The first-order valence-corrected chi connectivity index (χ1v) is 8.37. The van der Waals surface area contributed by atoms with E-state index >= 15 is 0 Å². The summed E-state index contributed by atoms with van der Waals surface area (Å²) in [5.41, 5.74) is 0.700. The molecule has 0 amide bonds. The second-order valence-corrected chi connectivity index (χ2v) is 7.06. The van der Waals surface area contributed by atoms with Crippen LogP contribution in [0.4, 0.5) is 0 Å². The van der Waals surface area contributed by atoms with E-state index in [9.17, 15) is 9.59 Å². The summed E-state index contributed by atoms with van der Waals surface area (Å²) >= 11 is 3.11. The molecule has 0 radical (unpaired) electrons. The number of nitrogens with zero attached hydrogens (tertiary/aromatic N) is 2. The highest BCUT2D eigenvalue weighted by atomic mass is 32.2. The SMILES string of the molecule is O=C(O)CC1(CSCc2cc(=O)n3ccsc3n2)CC1. The number of aromatic nitrogens is 2. The maximum absolute atomic E-state index is 11.8. The van der Waals surface area contributed by atoms with Crippen LogP contribution in [-0.2, 0) is 10.5 Å². The van der Waals surface area contributed by atoms with Gasteiger partial charge in [0.25, 0.3) is 5.56 Å². The summed E-state index contributed by atoms with van der Waals surface area (Å²) in [6.45, 7) is 0. The van der Waals surface area contributed by atoms with E-state index in [1.165, 1.54) is 15.7 Å². The summed E-state index contributed by atoms with van der Waals surface area (Å²) in [5, 5.41) is 10.7. The number of hydrogen-bond acceptors (Lipinski definition) is 5. The molecule has 0 spiro atoms. The second kappa shape index (κ2) is 5.21. The van der Waals surface area contributed by atoms with Crippen molar-refractivity contribution in [3.8, 4) is 0 Å². The number of thioether (sulfide) groups is 1. The van der Waals surface area contributed by atoms with Crippen LogP contribution in [0.15, 0.2) is 22.4 Å². The molecular weight excluding hydrogens is 296 g/mol. The lowest BCUT2D eigenvalue weighted by atomic mass is 10.1. The van der Waals surface area contributed by atoms with Gasteiger partial charge >= 0.3 is 5.97 Å². The molecule has 1 saturated carbocycles. The summed E-state index contributed by atoms with van der Waals surface area (Å²) in [7, 11) is 0. The van der Waals surface area contributed by atoms with Crippen LogP contribution in [-0.4, -0.2) is 26.2 Å². The molecule has 1 fully saturated rings. The minimum absolute atomic E-state index is 0.0153. The number of rotatable bonds is 6. The van der Waals surface area contributed by atoms with E-state index in [0.29, 0.717) is 10.7 Å². The Morgan fingerprint density at radius 2 is 2.35 bits per heavy atom. The van der Waals surface area contributed by atoms with Crippen molar-refractivity contribution in [3.05, 3.63) is 33.7 Å². The molecule has 0 atom stereocenters. The second-order valence-electron chi connectivity index (χ2n) is 5.20. The average molecular weight is 310 g/mol. The first-order chi connectivity index (χ1) is 9.58. The van der Waals surface area contributed by atoms with E-state index in [1.54, 1.807) is 24.0 Å². The van der Waals surface area contributed by atoms with Crippen molar-refractivity contribution >= 4 is 34.0 Å². The lowest BCUT2D eigenvalue weighted by Crippen LogP contribution is -2.13.